The topological polar surface area (TPSA) is 58.2 Å². The lowest BCUT2D eigenvalue weighted by Crippen LogP contribution is -2.13. The molecule has 0 aromatic heterocycles. The smallest absolute Gasteiger partial charge is 0.258 e. The molecule has 0 bridgehead atoms. The van der Waals surface area contributed by atoms with Crippen LogP contribution in [0.25, 0.3) is 0 Å². The van der Waals surface area contributed by atoms with Gasteiger partial charge in [-0.25, -0.2) is 4.39 Å². The molecule has 4 nitrogen and oxygen atoms in total. The van der Waals surface area contributed by atoms with Crippen molar-refractivity contribution in [1.82, 2.24) is 0 Å². The zero-order valence-electron chi connectivity index (χ0n) is 11.3. The van der Waals surface area contributed by atoms with Crippen molar-refractivity contribution >= 4 is 23.2 Å². The molecule has 2 aromatic carbocycles. The molecule has 1 unspecified atom stereocenters. The van der Waals surface area contributed by atoms with E-state index in [9.17, 15) is 14.0 Å². The SMILES string of the molecule is CC1C(=O)Nc2ccc(NC(=O)c3ccccc3F)cc21. The van der Waals surface area contributed by atoms with Gasteiger partial charge in [-0.15, -0.1) is 0 Å². The van der Waals surface area contributed by atoms with Crippen molar-refractivity contribution in [2.45, 2.75) is 12.8 Å². The van der Waals surface area contributed by atoms with Crippen molar-refractivity contribution in [1.29, 1.82) is 0 Å². The van der Waals surface area contributed by atoms with Crippen LogP contribution in [0.4, 0.5) is 15.8 Å². The number of halogens is 1. The van der Waals surface area contributed by atoms with E-state index in [1.807, 2.05) is 0 Å². The Kier molecular flexibility index (Phi) is 3.17. The van der Waals surface area contributed by atoms with Crippen LogP contribution < -0.4 is 10.6 Å². The second-order valence-electron chi connectivity index (χ2n) is 4.95. The fourth-order valence-electron chi connectivity index (χ4n) is 2.34. The molecule has 1 aliphatic rings. The van der Waals surface area contributed by atoms with Crippen LogP contribution in [0.15, 0.2) is 42.5 Å². The number of hydrogen-bond acceptors (Lipinski definition) is 2. The molecule has 5 heteroatoms. The molecular weight excluding hydrogens is 271 g/mol. The second-order valence-corrected chi connectivity index (χ2v) is 4.95. The van der Waals surface area contributed by atoms with Gasteiger partial charge in [-0.05, 0) is 42.8 Å². The number of benzene rings is 2. The van der Waals surface area contributed by atoms with Crippen molar-refractivity contribution in [3.05, 3.63) is 59.4 Å². The van der Waals surface area contributed by atoms with Crippen LogP contribution in [0.5, 0.6) is 0 Å². The number of fused-ring (bicyclic) bond motifs is 1. The van der Waals surface area contributed by atoms with Gasteiger partial charge in [-0.2, -0.15) is 0 Å². The Morgan fingerprint density at radius 1 is 1.24 bits per heavy atom. The van der Waals surface area contributed by atoms with Crippen LogP contribution >= 0.6 is 0 Å². The van der Waals surface area contributed by atoms with Crippen LogP contribution in [0, 0.1) is 5.82 Å². The second kappa shape index (κ2) is 5.01. The molecule has 106 valence electrons. The quantitative estimate of drug-likeness (QED) is 0.890. The summed E-state index contributed by atoms with van der Waals surface area (Å²) in [4.78, 5) is 23.6. The number of rotatable bonds is 2. The minimum atomic E-state index is -0.568. The van der Waals surface area contributed by atoms with Crippen molar-refractivity contribution in [3.8, 4) is 0 Å². The number of carbonyl (C=O) groups excluding carboxylic acids is 2. The predicted molar refractivity (Wildman–Crippen MR) is 77.8 cm³/mol. The first kappa shape index (κ1) is 13.3. The van der Waals surface area contributed by atoms with Gasteiger partial charge in [0, 0.05) is 11.4 Å². The third kappa shape index (κ3) is 2.38. The molecule has 0 radical (unpaired) electrons. The highest BCUT2D eigenvalue weighted by atomic mass is 19.1. The van der Waals surface area contributed by atoms with Gasteiger partial charge < -0.3 is 10.6 Å². The van der Waals surface area contributed by atoms with Crippen molar-refractivity contribution in [2.24, 2.45) is 0 Å². The largest absolute Gasteiger partial charge is 0.325 e. The molecule has 1 heterocycles. The molecule has 21 heavy (non-hydrogen) atoms. The van der Waals surface area contributed by atoms with Crippen molar-refractivity contribution < 1.29 is 14.0 Å². The summed E-state index contributed by atoms with van der Waals surface area (Å²) in [7, 11) is 0. The average Bonchev–Trinajstić information content (AvgIpc) is 2.75. The van der Waals surface area contributed by atoms with E-state index >= 15 is 0 Å². The maximum Gasteiger partial charge on any atom is 0.258 e. The number of carbonyl (C=O) groups is 2. The summed E-state index contributed by atoms with van der Waals surface area (Å²) >= 11 is 0. The van der Waals surface area contributed by atoms with Crippen LogP contribution in [-0.2, 0) is 4.79 Å². The average molecular weight is 284 g/mol. The molecule has 0 saturated carbocycles. The van der Waals surface area contributed by atoms with E-state index in [1.165, 1.54) is 18.2 Å². The van der Waals surface area contributed by atoms with Gasteiger partial charge in [0.15, 0.2) is 0 Å². The lowest BCUT2D eigenvalue weighted by atomic mass is 10.0. The molecule has 2 N–H and O–H groups in total. The highest BCUT2D eigenvalue weighted by molar-refractivity contribution is 6.06. The fourth-order valence-corrected chi connectivity index (χ4v) is 2.34. The third-order valence-electron chi connectivity index (χ3n) is 3.55. The van der Waals surface area contributed by atoms with Crippen LogP contribution in [0.2, 0.25) is 0 Å². The van der Waals surface area contributed by atoms with Gasteiger partial charge in [0.05, 0.1) is 11.5 Å². The maximum absolute atomic E-state index is 13.6. The predicted octanol–water partition coefficient (Wildman–Crippen LogP) is 3.13. The summed E-state index contributed by atoms with van der Waals surface area (Å²) in [5.41, 5.74) is 2.09. The van der Waals surface area contributed by atoms with Gasteiger partial charge in [0.1, 0.15) is 5.82 Å². The summed E-state index contributed by atoms with van der Waals surface area (Å²) in [6.07, 6.45) is 0. The van der Waals surface area contributed by atoms with Gasteiger partial charge in [0.2, 0.25) is 5.91 Å². The fraction of sp³-hybridized carbons (Fsp3) is 0.125. The van der Waals surface area contributed by atoms with E-state index in [0.29, 0.717) is 5.69 Å². The molecule has 0 fully saturated rings. The maximum atomic E-state index is 13.6. The molecule has 2 amide bonds. The van der Waals surface area contributed by atoms with E-state index in [2.05, 4.69) is 10.6 Å². The summed E-state index contributed by atoms with van der Waals surface area (Å²) in [6.45, 7) is 1.80. The summed E-state index contributed by atoms with van der Waals surface area (Å²) in [6, 6.07) is 10.9. The zero-order chi connectivity index (χ0) is 15.0. The van der Waals surface area contributed by atoms with E-state index < -0.39 is 11.7 Å². The lowest BCUT2D eigenvalue weighted by Gasteiger charge is -2.08. The minimum absolute atomic E-state index is 0.0137. The standard InChI is InChI=1S/C16H13FN2O2/c1-9-12-8-10(6-7-14(12)19-15(9)20)18-16(21)11-4-2-3-5-13(11)17/h2-9H,1H3,(H,18,21)(H,19,20). The first-order valence-corrected chi connectivity index (χ1v) is 6.57. The minimum Gasteiger partial charge on any atom is -0.325 e. The highest BCUT2D eigenvalue weighted by Gasteiger charge is 2.26. The highest BCUT2D eigenvalue weighted by Crippen LogP contribution is 2.34. The number of hydrogen-bond donors (Lipinski definition) is 2. The first-order chi connectivity index (χ1) is 10.1. The van der Waals surface area contributed by atoms with E-state index in [-0.39, 0.29) is 17.4 Å². The molecule has 2 aromatic rings. The lowest BCUT2D eigenvalue weighted by molar-refractivity contribution is -0.116. The molecule has 0 aliphatic carbocycles. The summed E-state index contributed by atoms with van der Waals surface area (Å²) in [5.74, 6) is -1.41. The Morgan fingerprint density at radius 3 is 2.76 bits per heavy atom. The van der Waals surface area contributed by atoms with E-state index in [1.54, 1.807) is 31.2 Å². The van der Waals surface area contributed by atoms with Gasteiger partial charge in [-0.3, -0.25) is 9.59 Å². The van der Waals surface area contributed by atoms with Gasteiger partial charge >= 0.3 is 0 Å². The molecule has 0 spiro atoms. The Balaban J connectivity index is 1.85. The Bertz CT molecular complexity index is 743. The van der Waals surface area contributed by atoms with Gasteiger partial charge in [0.25, 0.3) is 5.91 Å². The monoisotopic (exact) mass is 284 g/mol. The zero-order valence-corrected chi connectivity index (χ0v) is 11.3. The third-order valence-corrected chi connectivity index (χ3v) is 3.55. The normalized spacial score (nSPS) is 16.3. The van der Waals surface area contributed by atoms with Crippen molar-refractivity contribution in [2.75, 3.05) is 10.6 Å². The number of nitrogens with one attached hydrogen (secondary N) is 2. The number of amides is 2. The first-order valence-electron chi connectivity index (χ1n) is 6.57. The molecule has 0 saturated heterocycles. The van der Waals surface area contributed by atoms with Crippen LogP contribution in [0.1, 0.15) is 28.8 Å². The number of anilines is 2. The Labute approximate surface area is 121 Å². The summed E-state index contributed by atoms with van der Waals surface area (Å²) in [5, 5.41) is 5.40. The molecular formula is C16H13FN2O2. The molecule has 1 aliphatic heterocycles. The summed E-state index contributed by atoms with van der Waals surface area (Å²) < 4.78 is 13.6. The van der Waals surface area contributed by atoms with Crippen LogP contribution in [0.3, 0.4) is 0 Å². The van der Waals surface area contributed by atoms with Gasteiger partial charge in [-0.1, -0.05) is 12.1 Å². The van der Waals surface area contributed by atoms with E-state index in [0.717, 1.165) is 11.3 Å². The Morgan fingerprint density at radius 2 is 2.00 bits per heavy atom. The van der Waals surface area contributed by atoms with E-state index in [4.69, 9.17) is 0 Å². The van der Waals surface area contributed by atoms with Crippen molar-refractivity contribution in [3.63, 3.8) is 0 Å². The molecule has 1 atom stereocenters. The van der Waals surface area contributed by atoms with Crippen LogP contribution in [-0.4, -0.2) is 11.8 Å². The molecule has 3 rings (SSSR count). The Hall–Kier alpha value is -2.69.